The number of nitrogens with zero attached hydrogens (tertiary/aromatic N) is 4. The first-order chi connectivity index (χ1) is 10.6. The summed E-state index contributed by atoms with van der Waals surface area (Å²) in [5.41, 5.74) is 3.55. The Hall–Kier alpha value is -2.36. The molecule has 2 aliphatic rings. The predicted octanol–water partition coefficient (Wildman–Crippen LogP) is 3.48. The summed E-state index contributed by atoms with van der Waals surface area (Å²) in [6.07, 6.45) is 5.85. The van der Waals surface area contributed by atoms with Crippen LogP contribution in [0.15, 0.2) is 49.4 Å². The zero-order valence-corrected chi connectivity index (χ0v) is 13.2. The summed E-state index contributed by atoms with van der Waals surface area (Å²) in [6.45, 7) is 8.71. The summed E-state index contributed by atoms with van der Waals surface area (Å²) >= 11 is 0. The zero-order chi connectivity index (χ0) is 15.5. The Bertz CT molecular complexity index is 756. The van der Waals surface area contributed by atoms with Crippen LogP contribution in [0.25, 0.3) is 0 Å². The third-order valence-corrected chi connectivity index (χ3v) is 5.50. The first kappa shape index (κ1) is 13.3. The summed E-state index contributed by atoms with van der Waals surface area (Å²) in [5.74, 6) is 1.37. The predicted molar refractivity (Wildman–Crippen MR) is 89.5 cm³/mol. The molecule has 2 aliphatic heterocycles. The van der Waals surface area contributed by atoms with E-state index in [9.17, 15) is 0 Å². The Morgan fingerprint density at radius 1 is 1.27 bits per heavy atom. The van der Waals surface area contributed by atoms with Gasteiger partial charge in [-0.2, -0.15) is 0 Å². The van der Waals surface area contributed by atoms with Crippen LogP contribution in [-0.2, 0) is 5.41 Å². The van der Waals surface area contributed by atoms with Gasteiger partial charge in [-0.25, -0.2) is 9.97 Å². The van der Waals surface area contributed by atoms with Crippen molar-refractivity contribution in [1.82, 2.24) is 9.97 Å². The lowest BCUT2D eigenvalue weighted by atomic mass is 9.68. The van der Waals surface area contributed by atoms with Gasteiger partial charge in [0.15, 0.2) is 5.82 Å². The van der Waals surface area contributed by atoms with Crippen molar-refractivity contribution >= 4 is 17.2 Å². The Balaban J connectivity index is 2.02. The highest BCUT2D eigenvalue weighted by atomic mass is 15.4. The Morgan fingerprint density at radius 2 is 2.05 bits per heavy atom. The highest BCUT2D eigenvalue weighted by Gasteiger charge is 2.51. The summed E-state index contributed by atoms with van der Waals surface area (Å²) in [5, 5.41) is 0. The molecule has 0 radical (unpaired) electrons. The van der Waals surface area contributed by atoms with Crippen LogP contribution in [0, 0.1) is 5.92 Å². The van der Waals surface area contributed by atoms with Gasteiger partial charge in [0.25, 0.3) is 0 Å². The highest BCUT2D eigenvalue weighted by molar-refractivity contribution is 5.83. The molecule has 112 valence electrons. The molecule has 0 fully saturated rings. The van der Waals surface area contributed by atoms with Crippen molar-refractivity contribution in [2.75, 3.05) is 16.8 Å². The van der Waals surface area contributed by atoms with E-state index in [2.05, 4.69) is 77.6 Å². The Labute approximate surface area is 131 Å². The third-order valence-electron chi connectivity index (χ3n) is 5.50. The van der Waals surface area contributed by atoms with E-state index in [1.165, 1.54) is 11.3 Å². The minimum absolute atomic E-state index is 0.0680. The molecule has 3 unspecified atom stereocenters. The molecule has 3 heterocycles. The first-order valence-corrected chi connectivity index (χ1v) is 7.64. The fourth-order valence-electron chi connectivity index (χ4n) is 4.00. The standard InChI is InChI=1S/C18H20N4/c1-5-18(3)12(2)17-21(4)15-10-19-11-20-16(15)22(17)14-9-7-6-8-13(14)18/h5-12,17H,1H2,2-4H3. The molecule has 22 heavy (non-hydrogen) atoms. The van der Waals surface area contributed by atoms with E-state index in [4.69, 9.17) is 0 Å². The molecule has 0 saturated carbocycles. The highest BCUT2D eigenvalue weighted by Crippen LogP contribution is 2.54. The number of rotatable bonds is 1. The Kier molecular flexibility index (Phi) is 2.61. The van der Waals surface area contributed by atoms with Crippen LogP contribution < -0.4 is 9.80 Å². The lowest BCUT2D eigenvalue weighted by Gasteiger charge is -2.49. The van der Waals surface area contributed by atoms with E-state index in [-0.39, 0.29) is 11.6 Å². The van der Waals surface area contributed by atoms with Gasteiger partial charge in [0.05, 0.1) is 6.20 Å². The maximum absolute atomic E-state index is 4.55. The number of benzene rings is 1. The average Bonchev–Trinajstić information content (AvgIpc) is 2.86. The second-order valence-corrected chi connectivity index (χ2v) is 6.42. The number of allylic oxidation sites excluding steroid dienone is 1. The minimum atomic E-state index is -0.0680. The first-order valence-electron chi connectivity index (χ1n) is 7.64. The Morgan fingerprint density at radius 3 is 2.82 bits per heavy atom. The second kappa shape index (κ2) is 4.32. The number of anilines is 3. The largest absolute Gasteiger partial charge is 0.349 e. The van der Waals surface area contributed by atoms with Crippen molar-refractivity contribution < 1.29 is 0 Å². The van der Waals surface area contributed by atoms with Gasteiger partial charge in [-0.1, -0.05) is 38.1 Å². The molecule has 0 amide bonds. The van der Waals surface area contributed by atoms with Crippen LogP contribution in [0.3, 0.4) is 0 Å². The average molecular weight is 292 g/mol. The minimum Gasteiger partial charge on any atom is -0.349 e. The van der Waals surface area contributed by atoms with Crippen LogP contribution in [0.1, 0.15) is 19.4 Å². The maximum Gasteiger partial charge on any atom is 0.161 e. The lowest BCUT2D eigenvalue weighted by Crippen LogP contribution is -2.54. The fourth-order valence-corrected chi connectivity index (χ4v) is 4.00. The molecule has 0 saturated heterocycles. The number of aromatic nitrogens is 2. The maximum atomic E-state index is 4.55. The van der Waals surface area contributed by atoms with Crippen LogP contribution >= 0.6 is 0 Å². The van der Waals surface area contributed by atoms with Gasteiger partial charge in [0.1, 0.15) is 18.2 Å². The van der Waals surface area contributed by atoms with Crippen LogP contribution in [0.5, 0.6) is 0 Å². The van der Waals surface area contributed by atoms with Crippen molar-refractivity contribution in [3.8, 4) is 0 Å². The molecule has 0 N–H and O–H groups in total. The summed E-state index contributed by atoms with van der Waals surface area (Å²) in [4.78, 5) is 13.4. The second-order valence-electron chi connectivity index (χ2n) is 6.42. The monoisotopic (exact) mass is 292 g/mol. The van der Waals surface area contributed by atoms with Gasteiger partial charge in [-0.15, -0.1) is 6.58 Å². The number of fused-ring (bicyclic) bond motifs is 5. The van der Waals surface area contributed by atoms with E-state index in [1.807, 2.05) is 6.20 Å². The van der Waals surface area contributed by atoms with Gasteiger partial charge in [-0.05, 0) is 11.6 Å². The van der Waals surface area contributed by atoms with E-state index >= 15 is 0 Å². The molecule has 1 aromatic carbocycles. The molecule has 0 aliphatic carbocycles. The van der Waals surface area contributed by atoms with Crippen LogP contribution in [-0.4, -0.2) is 23.2 Å². The third kappa shape index (κ3) is 1.42. The molecule has 0 spiro atoms. The number of hydrogen-bond donors (Lipinski definition) is 0. The number of para-hydroxylation sites is 1. The molecule has 3 atom stereocenters. The topological polar surface area (TPSA) is 32.3 Å². The molecule has 0 bridgehead atoms. The quantitative estimate of drug-likeness (QED) is 0.753. The number of hydrogen-bond acceptors (Lipinski definition) is 4. The smallest absolute Gasteiger partial charge is 0.161 e. The van der Waals surface area contributed by atoms with Gasteiger partial charge in [-0.3, -0.25) is 0 Å². The van der Waals surface area contributed by atoms with E-state index < -0.39 is 0 Å². The van der Waals surface area contributed by atoms with Crippen molar-refractivity contribution in [2.45, 2.75) is 25.4 Å². The molecule has 2 aromatic rings. The van der Waals surface area contributed by atoms with E-state index in [1.54, 1.807) is 6.33 Å². The fraction of sp³-hybridized carbons (Fsp3) is 0.333. The molecular formula is C18H20N4. The van der Waals surface area contributed by atoms with Gasteiger partial charge in [0.2, 0.25) is 0 Å². The summed E-state index contributed by atoms with van der Waals surface area (Å²) in [7, 11) is 2.13. The van der Waals surface area contributed by atoms with E-state index in [0.29, 0.717) is 5.92 Å². The SMILES string of the molecule is C=CC1(C)c2ccccc2N2c3ncncc3N(C)C2C1C. The van der Waals surface area contributed by atoms with Crippen LogP contribution in [0.2, 0.25) is 0 Å². The van der Waals surface area contributed by atoms with Gasteiger partial charge < -0.3 is 9.80 Å². The van der Waals surface area contributed by atoms with E-state index in [0.717, 1.165) is 11.5 Å². The van der Waals surface area contributed by atoms with Crippen molar-refractivity contribution in [2.24, 2.45) is 5.92 Å². The van der Waals surface area contributed by atoms with Gasteiger partial charge in [0, 0.05) is 24.1 Å². The van der Waals surface area contributed by atoms with Crippen molar-refractivity contribution in [1.29, 1.82) is 0 Å². The van der Waals surface area contributed by atoms with Gasteiger partial charge >= 0.3 is 0 Å². The lowest BCUT2D eigenvalue weighted by molar-refractivity contribution is 0.308. The van der Waals surface area contributed by atoms with Crippen molar-refractivity contribution in [3.63, 3.8) is 0 Å². The molecule has 4 rings (SSSR count). The summed E-state index contributed by atoms with van der Waals surface area (Å²) in [6, 6.07) is 8.59. The molecular weight excluding hydrogens is 272 g/mol. The van der Waals surface area contributed by atoms with Crippen LogP contribution in [0.4, 0.5) is 17.2 Å². The van der Waals surface area contributed by atoms with Crippen molar-refractivity contribution in [3.05, 3.63) is 55.0 Å². The normalized spacial score (nSPS) is 28.9. The zero-order valence-electron chi connectivity index (χ0n) is 13.2. The molecule has 4 heteroatoms. The molecule has 4 nitrogen and oxygen atoms in total. The summed E-state index contributed by atoms with van der Waals surface area (Å²) < 4.78 is 0. The molecule has 1 aromatic heterocycles.